The molecule has 0 saturated heterocycles. The van der Waals surface area contributed by atoms with Gasteiger partial charge < -0.3 is 5.32 Å². The van der Waals surface area contributed by atoms with Crippen LogP contribution in [0.4, 0.5) is 10.1 Å². The number of nitrogens with one attached hydrogen (secondary N) is 1. The van der Waals surface area contributed by atoms with Gasteiger partial charge in [-0.1, -0.05) is 12.1 Å². The van der Waals surface area contributed by atoms with E-state index in [0.29, 0.717) is 16.6 Å². The summed E-state index contributed by atoms with van der Waals surface area (Å²) in [6.07, 6.45) is 1.34. The Hall–Kier alpha value is -3.02. The van der Waals surface area contributed by atoms with Gasteiger partial charge in [0.05, 0.1) is 17.2 Å². The first-order valence-corrected chi connectivity index (χ1v) is 6.63. The van der Waals surface area contributed by atoms with Crippen molar-refractivity contribution in [1.82, 2.24) is 9.55 Å². The molecule has 0 spiro atoms. The van der Waals surface area contributed by atoms with Crippen molar-refractivity contribution < 1.29 is 9.18 Å². The van der Waals surface area contributed by atoms with Crippen LogP contribution in [0.1, 0.15) is 0 Å². The second kappa shape index (κ2) is 5.77. The number of halogens is 1. The Bertz CT molecular complexity index is 888. The molecule has 0 aliphatic heterocycles. The molecule has 0 bridgehead atoms. The summed E-state index contributed by atoms with van der Waals surface area (Å²) in [4.78, 5) is 28.4. The van der Waals surface area contributed by atoms with E-state index >= 15 is 0 Å². The minimum Gasteiger partial charge on any atom is -0.325 e. The van der Waals surface area contributed by atoms with E-state index in [-0.39, 0.29) is 23.8 Å². The highest BCUT2D eigenvalue weighted by atomic mass is 19.1. The minimum atomic E-state index is -0.384. The molecule has 1 aromatic heterocycles. The van der Waals surface area contributed by atoms with Gasteiger partial charge in [-0.05, 0) is 36.4 Å². The quantitative estimate of drug-likeness (QED) is 0.806. The molecule has 0 saturated carbocycles. The third kappa shape index (κ3) is 2.85. The molecule has 0 fully saturated rings. The average Bonchev–Trinajstić information content (AvgIpc) is 2.53. The number of carbonyl (C=O) groups excluding carboxylic acids is 1. The first kappa shape index (κ1) is 13.9. The van der Waals surface area contributed by atoms with Crippen LogP contribution in [-0.2, 0) is 11.3 Å². The molecule has 1 heterocycles. The van der Waals surface area contributed by atoms with Crippen molar-refractivity contribution in [3.8, 4) is 0 Å². The third-order valence-electron chi connectivity index (χ3n) is 3.17. The Morgan fingerprint density at radius 2 is 1.86 bits per heavy atom. The Morgan fingerprint density at radius 3 is 2.64 bits per heavy atom. The molecule has 1 N–H and O–H groups in total. The predicted molar refractivity (Wildman–Crippen MR) is 81.0 cm³/mol. The van der Waals surface area contributed by atoms with Crippen molar-refractivity contribution in [3.05, 3.63) is 71.0 Å². The lowest BCUT2D eigenvalue weighted by Gasteiger charge is -2.08. The van der Waals surface area contributed by atoms with Crippen LogP contribution >= 0.6 is 0 Å². The number of aromatic nitrogens is 2. The van der Waals surface area contributed by atoms with Crippen molar-refractivity contribution in [2.24, 2.45) is 0 Å². The smallest absolute Gasteiger partial charge is 0.261 e. The van der Waals surface area contributed by atoms with Gasteiger partial charge in [0.25, 0.3) is 5.56 Å². The predicted octanol–water partition coefficient (Wildman–Crippen LogP) is 2.17. The van der Waals surface area contributed by atoms with Gasteiger partial charge in [0, 0.05) is 5.69 Å². The summed E-state index contributed by atoms with van der Waals surface area (Å²) in [6, 6.07) is 12.3. The van der Waals surface area contributed by atoms with Gasteiger partial charge in [0.2, 0.25) is 5.91 Å². The fourth-order valence-corrected chi connectivity index (χ4v) is 2.11. The van der Waals surface area contributed by atoms with Crippen LogP contribution in [0.25, 0.3) is 10.9 Å². The molecule has 3 aromatic rings. The number of carbonyl (C=O) groups is 1. The van der Waals surface area contributed by atoms with Gasteiger partial charge >= 0.3 is 0 Å². The standard InChI is InChI=1S/C16H12FN3O2/c17-11-5-7-12(8-6-11)19-15(21)9-20-10-18-14-4-2-1-3-13(14)16(20)22/h1-8,10H,9H2,(H,19,21). The number of para-hydroxylation sites is 1. The Morgan fingerprint density at radius 1 is 1.14 bits per heavy atom. The van der Waals surface area contributed by atoms with Crippen LogP contribution in [0.15, 0.2) is 59.7 Å². The topological polar surface area (TPSA) is 64.0 Å². The molecule has 5 nitrogen and oxygen atoms in total. The van der Waals surface area contributed by atoms with Crippen LogP contribution < -0.4 is 10.9 Å². The Balaban J connectivity index is 1.81. The molecule has 0 atom stereocenters. The van der Waals surface area contributed by atoms with Crippen molar-refractivity contribution in [3.63, 3.8) is 0 Å². The fraction of sp³-hybridized carbons (Fsp3) is 0.0625. The monoisotopic (exact) mass is 297 g/mol. The molecule has 110 valence electrons. The number of fused-ring (bicyclic) bond motifs is 1. The van der Waals surface area contributed by atoms with Crippen molar-refractivity contribution >= 4 is 22.5 Å². The molecule has 22 heavy (non-hydrogen) atoms. The summed E-state index contributed by atoms with van der Waals surface area (Å²) < 4.78 is 14.0. The van der Waals surface area contributed by atoms with Crippen LogP contribution in [0.2, 0.25) is 0 Å². The molecular formula is C16H12FN3O2. The maximum atomic E-state index is 12.8. The largest absolute Gasteiger partial charge is 0.325 e. The lowest BCUT2D eigenvalue weighted by molar-refractivity contribution is -0.116. The van der Waals surface area contributed by atoms with Gasteiger partial charge in [0.1, 0.15) is 12.4 Å². The zero-order chi connectivity index (χ0) is 15.5. The molecule has 2 aromatic carbocycles. The molecular weight excluding hydrogens is 285 g/mol. The second-order valence-corrected chi connectivity index (χ2v) is 4.75. The molecule has 0 radical (unpaired) electrons. The van der Waals surface area contributed by atoms with Gasteiger partial charge in [0.15, 0.2) is 0 Å². The highest BCUT2D eigenvalue weighted by Crippen LogP contribution is 2.08. The number of rotatable bonds is 3. The molecule has 0 aliphatic rings. The summed E-state index contributed by atoms with van der Waals surface area (Å²) in [5.41, 5.74) is 0.774. The molecule has 0 unspecified atom stereocenters. The first-order chi connectivity index (χ1) is 10.6. The van der Waals surface area contributed by atoms with E-state index in [2.05, 4.69) is 10.3 Å². The molecule has 1 amide bonds. The summed E-state index contributed by atoms with van der Waals surface area (Å²) in [6.45, 7) is -0.159. The number of anilines is 1. The normalized spacial score (nSPS) is 10.6. The fourth-order valence-electron chi connectivity index (χ4n) is 2.11. The third-order valence-corrected chi connectivity index (χ3v) is 3.17. The number of nitrogens with zero attached hydrogens (tertiary/aromatic N) is 2. The second-order valence-electron chi connectivity index (χ2n) is 4.75. The molecule has 6 heteroatoms. The number of hydrogen-bond acceptors (Lipinski definition) is 3. The van der Waals surface area contributed by atoms with Crippen LogP contribution in [0.5, 0.6) is 0 Å². The van der Waals surface area contributed by atoms with Gasteiger partial charge in [-0.3, -0.25) is 14.2 Å². The molecule has 0 aliphatic carbocycles. The van der Waals surface area contributed by atoms with E-state index in [1.807, 2.05) is 0 Å². The van der Waals surface area contributed by atoms with Crippen LogP contribution in [-0.4, -0.2) is 15.5 Å². The Kier molecular flexibility index (Phi) is 3.65. The first-order valence-electron chi connectivity index (χ1n) is 6.63. The summed E-state index contributed by atoms with van der Waals surface area (Å²) in [7, 11) is 0. The van der Waals surface area contributed by atoms with E-state index in [1.54, 1.807) is 24.3 Å². The summed E-state index contributed by atoms with van der Waals surface area (Å²) in [5, 5.41) is 3.06. The maximum Gasteiger partial charge on any atom is 0.261 e. The number of amides is 1. The average molecular weight is 297 g/mol. The minimum absolute atomic E-state index is 0.159. The van der Waals surface area contributed by atoms with Crippen molar-refractivity contribution in [1.29, 1.82) is 0 Å². The van der Waals surface area contributed by atoms with E-state index in [9.17, 15) is 14.0 Å². The molecule has 3 rings (SSSR count). The summed E-state index contributed by atoms with van der Waals surface area (Å²) in [5.74, 6) is -0.765. The summed E-state index contributed by atoms with van der Waals surface area (Å²) >= 11 is 0. The van der Waals surface area contributed by atoms with E-state index < -0.39 is 0 Å². The Labute approximate surface area is 125 Å². The van der Waals surface area contributed by atoms with Crippen molar-refractivity contribution in [2.45, 2.75) is 6.54 Å². The van der Waals surface area contributed by atoms with Crippen LogP contribution in [0, 0.1) is 5.82 Å². The van der Waals surface area contributed by atoms with Crippen LogP contribution in [0.3, 0.4) is 0 Å². The highest BCUT2D eigenvalue weighted by molar-refractivity contribution is 5.90. The number of hydrogen-bond donors (Lipinski definition) is 1. The highest BCUT2D eigenvalue weighted by Gasteiger charge is 2.08. The van der Waals surface area contributed by atoms with Gasteiger partial charge in [-0.15, -0.1) is 0 Å². The van der Waals surface area contributed by atoms with E-state index in [0.717, 1.165) is 0 Å². The van der Waals surface area contributed by atoms with Crippen molar-refractivity contribution in [2.75, 3.05) is 5.32 Å². The lowest BCUT2D eigenvalue weighted by Crippen LogP contribution is -2.27. The zero-order valence-electron chi connectivity index (χ0n) is 11.5. The van der Waals surface area contributed by atoms with Gasteiger partial charge in [-0.2, -0.15) is 0 Å². The van der Waals surface area contributed by atoms with E-state index in [4.69, 9.17) is 0 Å². The van der Waals surface area contributed by atoms with Gasteiger partial charge in [-0.25, -0.2) is 9.37 Å². The lowest BCUT2D eigenvalue weighted by atomic mass is 10.2. The number of benzene rings is 2. The SMILES string of the molecule is O=C(Cn1cnc2ccccc2c1=O)Nc1ccc(F)cc1. The van der Waals surface area contributed by atoms with E-state index in [1.165, 1.54) is 35.2 Å². The maximum absolute atomic E-state index is 12.8. The zero-order valence-corrected chi connectivity index (χ0v) is 11.5.